The fourth-order valence-electron chi connectivity index (χ4n) is 1.12. The minimum Gasteiger partial charge on any atom is -0.368 e. The summed E-state index contributed by atoms with van der Waals surface area (Å²) in [5.41, 5.74) is 0.168. The van der Waals surface area contributed by atoms with E-state index in [1.165, 1.54) is 12.8 Å². The van der Waals surface area contributed by atoms with E-state index in [2.05, 4.69) is 0 Å². The minimum absolute atomic E-state index is 0.168. The van der Waals surface area contributed by atoms with Gasteiger partial charge in [-0.05, 0) is 18.8 Å². The maximum atomic E-state index is 5.67. The van der Waals surface area contributed by atoms with E-state index in [4.69, 9.17) is 16.3 Å². The van der Waals surface area contributed by atoms with Gasteiger partial charge in [0, 0.05) is 0 Å². The number of rotatable bonds is 2. The molecule has 1 nitrogen and oxygen atoms in total. The van der Waals surface area contributed by atoms with Gasteiger partial charge in [0.1, 0.15) is 5.60 Å². The van der Waals surface area contributed by atoms with Gasteiger partial charge < -0.3 is 4.74 Å². The van der Waals surface area contributed by atoms with Gasteiger partial charge in [0.2, 0.25) is 0 Å². The average molecular weight is 133 g/mol. The van der Waals surface area contributed by atoms with Crippen molar-refractivity contribution >= 4 is 11.6 Å². The number of halogens is 1. The Morgan fingerprint density at radius 1 is 1.62 bits per heavy atom. The van der Waals surface area contributed by atoms with E-state index in [1.54, 1.807) is 0 Å². The van der Waals surface area contributed by atoms with Crippen LogP contribution in [0.15, 0.2) is 0 Å². The Balaban J connectivity index is 1.99. The smallest absolute Gasteiger partial charge is 0.108 e. The van der Waals surface area contributed by atoms with E-state index >= 15 is 0 Å². The van der Waals surface area contributed by atoms with Crippen LogP contribution in [0.2, 0.25) is 0 Å². The molecule has 2 heteroatoms. The fourth-order valence-corrected chi connectivity index (χ4v) is 1.50. The molecule has 8 heavy (non-hydrogen) atoms. The molecule has 46 valence electrons. The second-order valence-corrected chi connectivity index (χ2v) is 3.03. The van der Waals surface area contributed by atoms with Crippen LogP contribution in [0.5, 0.6) is 0 Å². The highest BCUT2D eigenvalue weighted by Crippen LogP contribution is 2.49. The number of epoxide rings is 1. The quantitative estimate of drug-likeness (QED) is 0.409. The Morgan fingerprint density at radius 3 is 2.38 bits per heavy atom. The number of hydrogen-bond acceptors (Lipinski definition) is 1. The van der Waals surface area contributed by atoms with Gasteiger partial charge in [0.15, 0.2) is 0 Å². The Labute approximate surface area is 54.0 Å². The van der Waals surface area contributed by atoms with Gasteiger partial charge in [-0.15, -0.1) is 11.6 Å². The zero-order chi connectivity index (χ0) is 5.61. The molecule has 1 saturated heterocycles. The van der Waals surface area contributed by atoms with Gasteiger partial charge in [-0.3, -0.25) is 0 Å². The van der Waals surface area contributed by atoms with Crippen LogP contribution in [0, 0.1) is 5.92 Å². The summed E-state index contributed by atoms with van der Waals surface area (Å²) >= 11 is 5.67. The summed E-state index contributed by atoms with van der Waals surface area (Å²) in [5, 5.41) is 0. The van der Waals surface area contributed by atoms with Crippen LogP contribution in [0.3, 0.4) is 0 Å². The van der Waals surface area contributed by atoms with E-state index in [-0.39, 0.29) is 5.60 Å². The maximum Gasteiger partial charge on any atom is 0.108 e. The lowest BCUT2D eigenvalue weighted by Gasteiger charge is -2.01. The molecule has 0 aromatic rings. The molecule has 2 aliphatic rings. The molecule has 0 amide bonds. The maximum absolute atomic E-state index is 5.67. The van der Waals surface area contributed by atoms with Gasteiger partial charge >= 0.3 is 0 Å². The van der Waals surface area contributed by atoms with Crippen molar-refractivity contribution in [2.24, 2.45) is 5.92 Å². The highest BCUT2D eigenvalue weighted by atomic mass is 35.5. The lowest BCUT2D eigenvalue weighted by Crippen LogP contribution is -2.15. The zero-order valence-corrected chi connectivity index (χ0v) is 5.45. The summed E-state index contributed by atoms with van der Waals surface area (Å²) in [4.78, 5) is 0. The normalized spacial score (nSPS) is 44.6. The summed E-state index contributed by atoms with van der Waals surface area (Å²) in [6.45, 7) is 0.918. The number of hydrogen-bond donors (Lipinski definition) is 0. The highest BCUT2D eigenvalue weighted by Gasteiger charge is 2.55. The van der Waals surface area contributed by atoms with Crippen molar-refractivity contribution in [3.63, 3.8) is 0 Å². The van der Waals surface area contributed by atoms with Crippen LogP contribution in [0.1, 0.15) is 12.8 Å². The third-order valence-electron chi connectivity index (χ3n) is 2.06. The summed E-state index contributed by atoms with van der Waals surface area (Å²) < 4.78 is 5.24. The standard InChI is InChI=1S/C6H9ClO/c7-3-6(4-8-6)5-1-2-5/h5H,1-4H2. The van der Waals surface area contributed by atoms with E-state index in [9.17, 15) is 0 Å². The average Bonchev–Trinajstić information content (AvgIpc) is 2.63. The van der Waals surface area contributed by atoms with Crippen LogP contribution < -0.4 is 0 Å². The van der Waals surface area contributed by atoms with E-state index < -0.39 is 0 Å². The summed E-state index contributed by atoms with van der Waals surface area (Å²) in [5.74, 6) is 1.53. The molecule has 2 rings (SSSR count). The largest absolute Gasteiger partial charge is 0.368 e. The third kappa shape index (κ3) is 0.579. The zero-order valence-electron chi connectivity index (χ0n) is 4.69. The summed E-state index contributed by atoms with van der Waals surface area (Å²) in [7, 11) is 0. The monoisotopic (exact) mass is 132 g/mol. The highest BCUT2D eigenvalue weighted by molar-refractivity contribution is 6.18. The second-order valence-electron chi connectivity index (χ2n) is 2.76. The molecule has 1 aliphatic heterocycles. The predicted octanol–water partition coefficient (Wildman–Crippen LogP) is 1.40. The van der Waals surface area contributed by atoms with Crippen molar-refractivity contribution in [2.45, 2.75) is 18.4 Å². The van der Waals surface area contributed by atoms with Crippen LogP contribution in [-0.2, 0) is 4.74 Å². The molecule has 0 spiro atoms. The van der Waals surface area contributed by atoms with E-state index in [0.717, 1.165) is 12.5 Å². The van der Waals surface area contributed by atoms with Crippen molar-refractivity contribution in [1.82, 2.24) is 0 Å². The first-order valence-electron chi connectivity index (χ1n) is 3.07. The molecule has 0 radical (unpaired) electrons. The first-order chi connectivity index (χ1) is 3.87. The molecule has 1 unspecified atom stereocenters. The molecule has 1 atom stereocenters. The van der Waals surface area contributed by atoms with Gasteiger partial charge in [0.25, 0.3) is 0 Å². The molecule has 0 bridgehead atoms. The molecule has 0 N–H and O–H groups in total. The van der Waals surface area contributed by atoms with Crippen LogP contribution in [0.4, 0.5) is 0 Å². The van der Waals surface area contributed by atoms with Crippen LogP contribution >= 0.6 is 11.6 Å². The van der Waals surface area contributed by atoms with Crippen molar-refractivity contribution in [3.05, 3.63) is 0 Å². The van der Waals surface area contributed by atoms with Crippen molar-refractivity contribution in [3.8, 4) is 0 Å². The van der Waals surface area contributed by atoms with Crippen molar-refractivity contribution < 1.29 is 4.74 Å². The van der Waals surface area contributed by atoms with Gasteiger partial charge in [-0.2, -0.15) is 0 Å². The Hall–Kier alpha value is 0.250. The SMILES string of the molecule is ClCC1(C2CC2)CO1. The first kappa shape index (κ1) is 5.07. The van der Waals surface area contributed by atoms with Crippen LogP contribution in [-0.4, -0.2) is 18.1 Å². The van der Waals surface area contributed by atoms with Crippen LogP contribution in [0.25, 0.3) is 0 Å². The third-order valence-corrected chi connectivity index (χ3v) is 2.52. The number of ether oxygens (including phenoxy) is 1. The Kier molecular flexibility index (Phi) is 0.884. The summed E-state index contributed by atoms with van der Waals surface area (Å²) in [6.07, 6.45) is 2.68. The molecule has 0 aromatic carbocycles. The van der Waals surface area contributed by atoms with Gasteiger partial charge in [-0.25, -0.2) is 0 Å². The first-order valence-corrected chi connectivity index (χ1v) is 3.61. The Bertz CT molecular complexity index is 105. The molecule has 1 heterocycles. The van der Waals surface area contributed by atoms with E-state index in [1.807, 2.05) is 0 Å². The number of alkyl halides is 1. The summed E-state index contributed by atoms with van der Waals surface area (Å²) in [6, 6.07) is 0. The lowest BCUT2D eigenvalue weighted by atomic mass is 10.1. The molecule has 0 aromatic heterocycles. The predicted molar refractivity (Wildman–Crippen MR) is 32.1 cm³/mol. The van der Waals surface area contributed by atoms with Crippen molar-refractivity contribution in [2.75, 3.05) is 12.5 Å². The topological polar surface area (TPSA) is 12.5 Å². The van der Waals surface area contributed by atoms with Gasteiger partial charge in [0.05, 0.1) is 12.5 Å². The molecule has 2 fully saturated rings. The molecular weight excluding hydrogens is 124 g/mol. The minimum atomic E-state index is 0.168. The second kappa shape index (κ2) is 1.39. The molecular formula is C6H9ClO. The Morgan fingerprint density at radius 2 is 2.25 bits per heavy atom. The van der Waals surface area contributed by atoms with Gasteiger partial charge in [-0.1, -0.05) is 0 Å². The molecule has 1 saturated carbocycles. The van der Waals surface area contributed by atoms with Crippen molar-refractivity contribution in [1.29, 1.82) is 0 Å². The molecule has 1 aliphatic carbocycles. The lowest BCUT2D eigenvalue weighted by molar-refractivity contribution is 0.298. The fraction of sp³-hybridized carbons (Fsp3) is 1.00. The van der Waals surface area contributed by atoms with E-state index in [0.29, 0.717) is 5.88 Å².